The molecule has 0 aromatic carbocycles. The van der Waals surface area contributed by atoms with Crippen LogP contribution < -0.4 is 5.32 Å². The molecule has 1 saturated heterocycles. The molecule has 0 bridgehead atoms. The summed E-state index contributed by atoms with van der Waals surface area (Å²) in [5.74, 6) is -0.217. The third-order valence-corrected chi connectivity index (χ3v) is 2.87. The van der Waals surface area contributed by atoms with Gasteiger partial charge in [0.05, 0.1) is 5.25 Å². The number of hydrogen-bond donors (Lipinski definition) is 1. The highest BCUT2D eigenvalue weighted by Crippen LogP contribution is 2.21. The van der Waals surface area contributed by atoms with Crippen LogP contribution in [0.4, 0.5) is 4.79 Å². The summed E-state index contributed by atoms with van der Waals surface area (Å²) in [5, 5.41) is 1.65. The average molecular weight is 208 g/mol. The molecule has 4 nitrogen and oxygen atoms in total. The standard InChI is InChI=1S/C9H8N2O2S/c12-8-7(14-9(13)11-8)5-6-3-1-2-4-10-6/h1-4,7H,5H2,(H,11,12,13). The van der Waals surface area contributed by atoms with Gasteiger partial charge in [-0.15, -0.1) is 0 Å². The van der Waals surface area contributed by atoms with Crippen LogP contribution in [0.3, 0.4) is 0 Å². The molecule has 14 heavy (non-hydrogen) atoms. The van der Waals surface area contributed by atoms with Crippen molar-refractivity contribution in [3.63, 3.8) is 0 Å². The van der Waals surface area contributed by atoms with Crippen LogP contribution in [0.5, 0.6) is 0 Å². The Balaban J connectivity index is 2.05. The number of pyridine rings is 1. The molecule has 1 atom stereocenters. The lowest BCUT2D eigenvalue weighted by atomic mass is 10.2. The van der Waals surface area contributed by atoms with Crippen molar-refractivity contribution in [2.24, 2.45) is 0 Å². The molecule has 1 aromatic heterocycles. The van der Waals surface area contributed by atoms with Crippen molar-refractivity contribution in [2.75, 3.05) is 0 Å². The van der Waals surface area contributed by atoms with Gasteiger partial charge in [0.15, 0.2) is 0 Å². The second-order valence-corrected chi connectivity index (χ2v) is 4.08. The monoisotopic (exact) mass is 208 g/mol. The lowest BCUT2D eigenvalue weighted by Gasteiger charge is -2.02. The van der Waals surface area contributed by atoms with E-state index < -0.39 is 0 Å². The first-order valence-electron chi connectivity index (χ1n) is 4.17. The van der Waals surface area contributed by atoms with Gasteiger partial charge in [0.25, 0.3) is 5.24 Å². The largest absolute Gasteiger partial charge is 0.286 e. The molecule has 2 rings (SSSR count). The molecule has 2 amide bonds. The fourth-order valence-electron chi connectivity index (χ4n) is 1.24. The van der Waals surface area contributed by atoms with Gasteiger partial charge in [-0.3, -0.25) is 19.9 Å². The van der Waals surface area contributed by atoms with E-state index in [1.54, 1.807) is 6.20 Å². The Kier molecular flexibility index (Phi) is 2.49. The Morgan fingerprint density at radius 2 is 2.29 bits per heavy atom. The predicted octanol–water partition coefficient (Wildman–Crippen LogP) is 0.976. The van der Waals surface area contributed by atoms with Crippen molar-refractivity contribution in [1.82, 2.24) is 10.3 Å². The summed E-state index contributed by atoms with van der Waals surface area (Å²) in [5.41, 5.74) is 0.829. The molecule has 1 fully saturated rings. The number of thioether (sulfide) groups is 1. The maximum Gasteiger partial charge on any atom is 0.286 e. The smallest absolute Gasteiger partial charge is 0.286 e. The molecular weight excluding hydrogens is 200 g/mol. The molecule has 0 spiro atoms. The van der Waals surface area contributed by atoms with Crippen LogP contribution in [-0.2, 0) is 11.2 Å². The molecule has 1 N–H and O–H groups in total. The van der Waals surface area contributed by atoms with E-state index in [0.29, 0.717) is 6.42 Å². The number of aromatic nitrogens is 1. The highest BCUT2D eigenvalue weighted by atomic mass is 32.2. The quantitative estimate of drug-likeness (QED) is 0.787. The van der Waals surface area contributed by atoms with E-state index in [-0.39, 0.29) is 16.4 Å². The summed E-state index contributed by atoms with van der Waals surface area (Å²) in [6.45, 7) is 0. The number of carbonyl (C=O) groups is 2. The number of hydrogen-bond acceptors (Lipinski definition) is 4. The fraction of sp³-hybridized carbons (Fsp3) is 0.222. The summed E-state index contributed by atoms with van der Waals surface area (Å²) in [4.78, 5) is 26.2. The minimum absolute atomic E-state index is 0.217. The van der Waals surface area contributed by atoms with Crippen molar-refractivity contribution in [1.29, 1.82) is 0 Å². The van der Waals surface area contributed by atoms with Gasteiger partial charge in [-0.05, 0) is 12.1 Å². The molecular formula is C9H8N2O2S. The van der Waals surface area contributed by atoms with E-state index in [1.807, 2.05) is 18.2 Å². The molecule has 1 aromatic rings. The van der Waals surface area contributed by atoms with Crippen molar-refractivity contribution < 1.29 is 9.59 Å². The van der Waals surface area contributed by atoms with Crippen molar-refractivity contribution >= 4 is 22.9 Å². The van der Waals surface area contributed by atoms with Gasteiger partial charge in [-0.2, -0.15) is 0 Å². The molecule has 1 unspecified atom stereocenters. The fourth-order valence-corrected chi connectivity index (χ4v) is 2.07. The lowest BCUT2D eigenvalue weighted by molar-refractivity contribution is -0.118. The number of nitrogens with one attached hydrogen (secondary N) is 1. The second-order valence-electron chi connectivity index (χ2n) is 2.91. The number of nitrogens with zero attached hydrogens (tertiary/aromatic N) is 1. The first kappa shape index (κ1) is 9.21. The van der Waals surface area contributed by atoms with Gasteiger partial charge in [-0.1, -0.05) is 17.8 Å². The minimum atomic E-state index is -0.322. The van der Waals surface area contributed by atoms with Gasteiger partial charge in [0.2, 0.25) is 5.91 Å². The maximum atomic E-state index is 11.2. The first-order chi connectivity index (χ1) is 6.75. The zero-order valence-electron chi connectivity index (χ0n) is 7.27. The van der Waals surface area contributed by atoms with Gasteiger partial charge in [0, 0.05) is 18.3 Å². The molecule has 1 aliphatic heterocycles. The zero-order chi connectivity index (χ0) is 9.97. The number of rotatable bonds is 2. The Hall–Kier alpha value is -1.36. The Bertz CT molecular complexity index is 366. The molecule has 2 heterocycles. The first-order valence-corrected chi connectivity index (χ1v) is 5.05. The summed E-state index contributed by atoms with van der Waals surface area (Å²) >= 11 is 1.03. The molecule has 0 aliphatic carbocycles. The van der Waals surface area contributed by atoms with Crippen molar-refractivity contribution in [3.8, 4) is 0 Å². The minimum Gasteiger partial charge on any atom is -0.286 e. The summed E-state index contributed by atoms with van der Waals surface area (Å²) in [6, 6.07) is 5.52. The number of carbonyl (C=O) groups excluding carboxylic acids is 2. The third-order valence-electron chi connectivity index (χ3n) is 1.89. The van der Waals surface area contributed by atoms with Crippen LogP contribution >= 0.6 is 11.8 Å². The van der Waals surface area contributed by atoms with Crippen LogP contribution in [0.2, 0.25) is 0 Å². The van der Waals surface area contributed by atoms with E-state index in [9.17, 15) is 9.59 Å². The van der Waals surface area contributed by atoms with E-state index >= 15 is 0 Å². The van der Waals surface area contributed by atoms with Crippen LogP contribution in [0.25, 0.3) is 0 Å². The van der Waals surface area contributed by atoms with Crippen LogP contribution in [0, 0.1) is 0 Å². The van der Waals surface area contributed by atoms with E-state index in [4.69, 9.17) is 0 Å². The number of amides is 2. The van der Waals surface area contributed by atoms with Gasteiger partial charge in [-0.25, -0.2) is 0 Å². The topological polar surface area (TPSA) is 59.1 Å². The highest BCUT2D eigenvalue weighted by Gasteiger charge is 2.31. The molecule has 5 heteroatoms. The van der Waals surface area contributed by atoms with Crippen LogP contribution in [-0.4, -0.2) is 21.4 Å². The lowest BCUT2D eigenvalue weighted by Crippen LogP contribution is -2.25. The zero-order valence-corrected chi connectivity index (χ0v) is 8.08. The van der Waals surface area contributed by atoms with Gasteiger partial charge < -0.3 is 0 Å². The predicted molar refractivity (Wildman–Crippen MR) is 52.9 cm³/mol. The van der Waals surface area contributed by atoms with Gasteiger partial charge in [0.1, 0.15) is 0 Å². The molecule has 1 aliphatic rings. The molecule has 72 valence electrons. The Morgan fingerprint density at radius 1 is 1.43 bits per heavy atom. The Morgan fingerprint density at radius 3 is 2.86 bits per heavy atom. The number of imide groups is 1. The molecule has 0 saturated carbocycles. The van der Waals surface area contributed by atoms with Crippen LogP contribution in [0.1, 0.15) is 5.69 Å². The summed E-state index contributed by atoms with van der Waals surface area (Å²) in [6.07, 6.45) is 2.18. The SMILES string of the molecule is O=C1NC(=O)C(Cc2ccccn2)S1. The van der Waals surface area contributed by atoms with E-state index in [1.165, 1.54) is 0 Å². The Labute approximate surface area is 85.1 Å². The summed E-state index contributed by atoms with van der Waals surface area (Å²) in [7, 11) is 0. The third kappa shape index (κ3) is 1.93. The maximum absolute atomic E-state index is 11.2. The molecule has 0 radical (unpaired) electrons. The van der Waals surface area contributed by atoms with Gasteiger partial charge >= 0.3 is 0 Å². The van der Waals surface area contributed by atoms with Crippen molar-refractivity contribution in [2.45, 2.75) is 11.7 Å². The van der Waals surface area contributed by atoms with E-state index in [0.717, 1.165) is 17.5 Å². The normalized spacial score (nSPS) is 21.0. The highest BCUT2D eigenvalue weighted by molar-refractivity contribution is 8.15. The van der Waals surface area contributed by atoms with E-state index in [2.05, 4.69) is 10.3 Å². The van der Waals surface area contributed by atoms with Crippen LogP contribution in [0.15, 0.2) is 24.4 Å². The summed E-state index contributed by atoms with van der Waals surface area (Å²) < 4.78 is 0. The average Bonchev–Trinajstić information content (AvgIpc) is 2.47. The van der Waals surface area contributed by atoms with Crippen molar-refractivity contribution in [3.05, 3.63) is 30.1 Å². The second kappa shape index (κ2) is 3.79.